The molecule has 1 aromatic carbocycles. The number of Topliss-reactive ketones (excluding diaryl/α,β-unsaturated/α-hetero) is 1. The van der Waals surface area contributed by atoms with Crippen molar-refractivity contribution < 1.29 is 4.79 Å². The second kappa shape index (κ2) is 5.66. The van der Waals surface area contributed by atoms with Crippen LogP contribution in [0.25, 0.3) is 0 Å². The van der Waals surface area contributed by atoms with Crippen molar-refractivity contribution in [3.63, 3.8) is 0 Å². The van der Waals surface area contributed by atoms with Gasteiger partial charge in [0.2, 0.25) is 0 Å². The van der Waals surface area contributed by atoms with Crippen molar-refractivity contribution in [3.8, 4) is 0 Å². The van der Waals surface area contributed by atoms with Crippen LogP contribution in [-0.4, -0.2) is 11.8 Å². The Hall–Kier alpha value is -1.15. The summed E-state index contributed by atoms with van der Waals surface area (Å²) in [6.45, 7) is 4.16. The van der Waals surface area contributed by atoms with Gasteiger partial charge in [-0.25, -0.2) is 0 Å². The Morgan fingerprint density at radius 1 is 1.22 bits per heavy atom. The van der Waals surface area contributed by atoms with Crippen molar-refractivity contribution in [1.82, 2.24) is 0 Å². The summed E-state index contributed by atoms with van der Waals surface area (Å²) in [7, 11) is 0. The maximum absolute atomic E-state index is 12.3. The highest BCUT2D eigenvalue weighted by atomic mass is 16.1. The molecule has 18 heavy (non-hydrogen) atoms. The molecule has 1 aliphatic rings. The normalized spacial score (nSPS) is 23.9. The van der Waals surface area contributed by atoms with Crippen molar-refractivity contribution in [2.45, 2.75) is 52.0 Å². The van der Waals surface area contributed by atoms with E-state index in [1.54, 1.807) is 0 Å². The van der Waals surface area contributed by atoms with Gasteiger partial charge in [-0.05, 0) is 38.7 Å². The van der Waals surface area contributed by atoms with Gasteiger partial charge in [-0.1, -0.05) is 35.7 Å². The van der Waals surface area contributed by atoms with Gasteiger partial charge in [-0.15, -0.1) is 0 Å². The van der Waals surface area contributed by atoms with Crippen LogP contribution < -0.4 is 5.73 Å². The number of carbonyl (C=O) groups excluding carboxylic acids is 1. The van der Waals surface area contributed by atoms with Crippen LogP contribution in [-0.2, 0) is 11.2 Å². The summed E-state index contributed by atoms with van der Waals surface area (Å²) in [6, 6.07) is 6.61. The predicted molar refractivity (Wildman–Crippen MR) is 74.6 cm³/mol. The molecule has 2 atom stereocenters. The van der Waals surface area contributed by atoms with Crippen LogP contribution in [0.4, 0.5) is 0 Å². The number of benzene rings is 1. The molecule has 98 valence electrons. The molecule has 1 fully saturated rings. The standard InChI is InChI=1S/C16H23NO/c1-11-6-12(2)8-13(7-11)9-16(18)14-4-3-5-15(17)10-14/h6-8,14-15H,3-5,9-10,17H2,1-2H3. The smallest absolute Gasteiger partial charge is 0.140 e. The van der Waals surface area contributed by atoms with Crippen LogP contribution in [0.15, 0.2) is 18.2 Å². The Balaban J connectivity index is 2.02. The molecule has 0 radical (unpaired) electrons. The molecular weight excluding hydrogens is 222 g/mol. The van der Waals surface area contributed by atoms with Crippen molar-refractivity contribution in [1.29, 1.82) is 0 Å². The quantitative estimate of drug-likeness (QED) is 0.889. The van der Waals surface area contributed by atoms with E-state index in [1.165, 1.54) is 11.1 Å². The van der Waals surface area contributed by atoms with Gasteiger partial charge in [0.05, 0.1) is 0 Å². The molecule has 1 saturated carbocycles. The first-order valence-electron chi connectivity index (χ1n) is 6.90. The van der Waals surface area contributed by atoms with Gasteiger partial charge >= 0.3 is 0 Å². The Morgan fingerprint density at radius 3 is 2.50 bits per heavy atom. The second-order valence-corrected chi connectivity index (χ2v) is 5.76. The van der Waals surface area contributed by atoms with Crippen LogP contribution in [0.3, 0.4) is 0 Å². The molecule has 1 aromatic rings. The third kappa shape index (κ3) is 3.42. The van der Waals surface area contributed by atoms with Gasteiger partial charge in [0.25, 0.3) is 0 Å². The van der Waals surface area contributed by atoms with Crippen molar-refractivity contribution in [3.05, 3.63) is 34.9 Å². The van der Waals surface area contributed by atoms with Crippen molar-refractivity contribution >= 4 is 5.78 Å². The Kier molecular flexibility index (Phi) is 4.18. The monoisotopic (exact) mass is 245 g/mol. The van der Waals surface area contributed by atoms with Gasteiger partial charge in [-0.2, -0.15) is 0 Å². The molecule has 0 bridgehead atoms. The van der Waals surface area contributed by atoms with Crippen molar-refractivity contribution in [2.75, 3.05) is 0 Å². The van der Waals surface area contributed by atoms with Gasteiger partial charge in [0.1, 0.15) is 5.78 Å². The molecule has 2 heteroatoms. The molecule has 2 nitrogen and oxygen atoms in total. The summed E-state index contributed by atoms with van der Waals surface area (Å²) < 4.78 is 0. The lowest BCUT2D eigenvalue weighted by atomic mass is 9.82. The highest BCUT2D eigenvalue weighted by Gasteiger charge is 2.25. The first-order chi connectivity index (χ1) is 8.54. The largest absolute Gasteiger partial charge is 0.328 e. The molecule has 0 heterocycles. The average Bonchev–Trinajstić information content (AvgIpc) is 2.27. The van der Waals surface area contributed by atoms with E-state index in [0.717, 1.165) is 31.2 Å². The molecule has 0 saturated heterocycles. The summed E-state index contributed by atoms with van der Waals surface area (Å²) >= 11 is 0. The molecule has 0 aromatic heterocycles. The maximum atomic E-state index is 12.3. The van der Waals surface area contributed by atoms with Crippen molar-refractivity contribution in [2.24, 2.45) is 11.7 Å². The third-order valence-electron chi connectivity index (χ3n) is 3.83. The third-order valence-corrected chi connectivity index (χ3v) is 3.83. The predicted octanol–water partition coefficient (Wildman–Crippen LogP) is 2.93. The Bertz CT molecular complexity index is 418. The maximum Gasteiger partial charge on any atom is 0.140 e. The lowest BCUT2D eigenvalue weighted by molar-refractivity contribution is -0.123. The molecule has 2 N–H and O–H groups in total. The second-order valence-electron chi connectivity index (χ2n) is 5.76. The molecule has 0 aliphatic heterocycles. The van der Waals surface area contributed by atoms with Crippen LogP contribution in [0.2, 0.25) is 0 Å². The molecule has 2 unspecified atom stereocenters. The van der Waals surface area contributed by atoms with Crippen LogP contribution in [0, 0.1) is 19.8 Å². The lowest BCUT2D eigenvalue weighted by Gasteiger charge is -2.25. The molecule has 2 rings (SSSR count). The summed E-state index contributed by atoms with van der Waals surface area (Å²) in [5, 5.41) is 0. The van der Waals surface area contributed by atoms with E-state index >= 15 is 0 Å². The summed E-state index contributed by atoms with van der Waals surface area (Å²) in [4.78, 5) is 12.3. The molecule has 0 spiro atoms. The number of carbonyl (C=O) groups is 1. The summed E-state index contributed by atoms with van der Waals surface area (Å²) in [6.07, 6.45) is 4.65. The van der Waals surface area contributed by atoms with E-state index < -0.39 is 0 Å². The number of ketones is 1. The number of aryl methyl sites for hydroxylation is 2. The van der Waals surface area contributed by atoms with Crippen LogP contribution in [0.5, 0.6) is 0 Å². The fourth-order valence-electron chi connectivity index (χ4n) is 3.04. The highest BCUT2D eigenvalue weighted by Crippen LogP contribution is 2.25. The number of hydrogen-bond donors (Lipinski definition) is 1. The minimum atomic E-state index is 0.189. The van der Waals surface area contributed by atoms with E-state index in [9.17, 15) is 4.79 Å². The fraction of sp³-hybridized carbons (Fsp3) is 0.562. The zero-order chi connectivity index (χ0) is 13.1. The van der Waals surface area contributed by atoms with Crippen LogP contribution >= 0.6 is 0 Å². The van der Waals surface area contributed by atoms with E-state index in [0.29, 0.717) is 12.2 Å². The molecular formula is C16H23NO. The fourth-order valence-corrected chi connectivity index (χ4v) is 3.04. The molecule has 0 amide bonds. The number of hydrogen-bond acceptors (Lipinski definition) is 2. The summed E-state index contributed by atoms with van der Waals surface area (Å²) in [5.41, 5.74) is 9.57. The van der Waals surface area contributed by atoms with Crippen LogP contribution in [0.1, 0.15) is 42.4 Å². The van der Waals surface area contributed by atoms with E-state index in [1.807, 2.05) is 0 Å². The van der Waals surface area contributed by atoms with E-state index in [4.69, 9.17) is 5.73 Å². The SMILES string of the molecule is Cc1cc(C)cc(CC(=O)C2CCCC(N)C2)c1. The lowest BCUT2D eigenvalue weighted by Crippen LogP contribution is -2.32. The highest BCUT2D eigenvalue weighted by molar-refractivity contribution is 5.83. The zero-order valence-electron chi connectivity index (χ0n) is 11.4. The van der Waals surface area contributed by atoms with Gasteiger partial charge in [0, 0.05) is 18.4 Å². The minimum absolute atomic E-state index is 0.189. The van der Waals surface area contributed by atoms with E-state index in [2.05, 4.69) is 32.0 Å². The first kappa shape index (κ1) is 13.3. The van der Waals surface area contributed by atoms with Gasteiger partial charge in [-0.3, -0.25) is 4.79 Å². The number of nitrogens with two attached hydrogens (primary N) is 1. The Morgan fingerprint density at radius 2 is 1.89 bits per heavy atom. The van der Waals surface area contributed by atoms with Gasteiger partial charge in [0.15, 0.2) is 0 Å². The van der Waals surface area contributed by atoms with Gasteiger partial charge < -0.3 is 5.73 Å². The molecule has 1 aliphatic carbocycles. The summed E-state index contributed by atoms with van der Waals surface area (Å²) in [5.74, 6) is 0.560. The topological polar surface area (TPSA) is 43.1 Å². The average molecular weight is 245 g/mol. The first-order valence-corrected chi connectivity index (χ1v) is 6.90. The number of rotatable bonds is 3. The van der Waals surface area contributed by atoms with E-state index in [-0.39, 0.29) is 12.0 Å². The minimum Gasteiger partial charge on any atom is -0.328 e. The Labute approximate surface area is 110 Å². The zero-order valence-corrected chi connectivity index (χ0v) is 11.4.